The summed E-state index contributed by atoms with van der Waals surface area (Å²) >= 11 is 1.04. The van der Waals surface area contributed by atoms with Gasteiger partial charge in [-0.3, -0.25) is 0 Å². The number of alkyl halides is 3. The molecule has 0 saturated carbocycles. The highest BCUT2D eigenvalue weighted by Gasteiger charge is 2.34. The van der Waals surface area contributed by atoms with Gasteiger partial charge in [0.15, 0.2) is 5.84 Å². The van der Waals surface area contributed by atoms with Crippen LogP contribution in [0.5, 0.6) is 0 Å². The van der Waals surface area contributed by atoms with Crippen molar-refractivity contribution in [2.24, 2.45) is 10.9 Å². The number of aliphatic hydroxyl groups is 2. The van der Waals surface area contributed by atoms with Crippen LogP contribution in [0.25, 0.3) is 0 Å². The zero-order chi connectivity index (χ0) is 15.3. The van der Waals surface area contributed by atoms with Crippen LogP contribution in [0.3, 0.4) is 0 Å². The molecule has 112 valence electrons. The van der Waals surface area contributed by atoms with E-state index in [0.29, 0.717) is 4.90 Å². The van der Waals surface area contributed by atoms with Gasteiger partial charge in [-0.25, -0.2) is 0 Å². The predicted octanol–water partition coefficient (Wildman–Crippen LogP) is 1.25. The van der Waals surface area contributed by atoms with Crippen molar-refractivity contribution in [1.82, 2.24) is 0 Å². The van der Waals surface area contributed by atoms with Crippen LogP contribution < -0.4 is 5.73 Å². The fraction of sp³-hybridized carbons (Fsp3) is 0.364. The molecule has 1 unspecified atom stereocenters. The first-order valence-corrected chi connectivity index (χ1v) is 6.39. The van der Waals surface area contributed by atoms with Crippen molar-refractivity contribution in [3.05, 3.63) is 29.3 Å². The number of halogens is 3. The average Bonchev–Trinajstić information content (AvgIpc) is 2.42. The normalized spacial score (nSPS) is 14.3. The molecule has 1 aromatic carbocycles. The lowest BCUT2D eigenvalue weighted by Crippen LogP contribution is -2.20. The Morgan fingerprint density at radius 1 is 1.40 bits per heavy atom. The molecule has 0 aromatic heterocycles. The van der Waals surface area contributed by atoms with Gasteiger partial charge in [0.2, 0.25) is 0 Å². The number of benzene rings is 1. The Morgan fingerprint density at radius 2 is 2.05 bits per heavy atom. The smallest absolute Gasteiger partial charge is 0.409 e. The SMILES string of the molecule is N/C(=N/O)c1cc(SCC(O)CO)ccc1C(F)(F)F. The van der Waals surface area contributed by atoms with Crippen LogP contribution in [0.15, 0.2) is 28.3 Å². The fourth-order valence-electron chi connectivity index (χ4n) is 1.37. The van der Waals surface area contributed by atoms with Gasteiger partial charge < -0.3 is 21.2 Å². The molecule has 9 heteroatoms. The molecule has 5 nitrogen and oxygen atoms in total. The highest BCUT2D eigenvalue weighted by Crippen LogP contribution is 2.34. The lowest BCUT2D eigenvalue weighted by Gasteiger charge is -2.14. The van der Waals surface area contributed by atoms with E-state index < -0.39 is 35.8 Å². The first-order chi connectivity index (χ1) is 9.29. The van der Waals surface area contributed by atoms with E-state index in [-0.39, 0.29) is 5.75 Å². The van der Waals surface area contributed by atoms with Crippen LogP contribution in [0, 0.1) is 0 Å². The molecular formula is C11H13F3N2O3S. The third kappa shape index (κ3) is 4.29. The largest absolute Gasteiger partial charge is 0.417 e. The highest BCUT2D eigenvalue weighted by atomic mass is 32.2. The summed E-state index contributed by atoms with van der Waals surface area (Å²) in [5.41, 5.74) is 3.79. The molecule has 0 spiro atoms. The maximum Gasteiger partial charge on any atom is 0.417 e. The van der Waals surface area contributed by atoms with E-state index in [0.717, 1.165) is 23.9 Å². The van der Waals surface area contributed by atoms with Crippen molar-refractivity contribution in [1.29, 1.82) is 0 Å². The molecule has 1 atom stereocenters. The third-order valence-corrected chi connectivity index (χ3v) is 3.47. The molecule has 0 bridgehead atoms. The average molecular weight is 310 g/mol. The maximum absolute atomic E-state index is 12.8. The van der Waals surface area contributed by atoms with Crippen molar-refractivity contribution in [3.63, 3.8) is 0 Å². The van der Waals surface area contributed by atoms with Gasteiger partial charge in [0.25, 0.3) is 0 Å². The van der Waals surface area contributed by atoms with Crippen molar-refractivity contribution in [2.75, 3.05) is 12.4 Å². The number of rotatable bonds is 5. The predicted molar refractivity (Wildman–Crippen MR) is 67.8 cm³/mol. The van der Waals surface area contributed by atoms with Gasteiger partial charge in [-0.15, -0.1) is 11.8 Å². The molecule has 0 amide bonds. The van der Waals surface area contributed by atoms with Gasteiger partial charge >= 0.3 is 6.18 Å². The minimum absolute atomic E-state index is 0.109. The second kappa shape index (κ2) is 6.82. The molecule has 0 heterocycles. The Balaban J connectivity index is 3.09. The molecule has 0 saturated heterocycles. The number of thioether (sulfide) groups is 1. The summed E-state index contributed by atoms with van der Waals surface area (Å²) in [6.45, 7) is -0.444. The number of hydrogen-bond donors (Lipinski definition) is 4. The van der Waals surface area contributed by atoms with Crippen LogP contribution in [-0.4, -0.2) is 39.7 Å². The number of nitrogens with two attached hydrogens (primary N) is 1. The molecule has 1 rings (SSSR count). The zero-order valence-corrected chi connectivity index (χ0v) is 10.9. The van der Waals surface area contributed by atoms with E-state index in [1.54, 1.807) is 0 Å². The Bertz CT molecular complexity index is 494. The molecule has 0 aliphatic heterocycles. The van der Waals surface area contributed by atoms with Gasteiger partial charge in [0.05, 0.1) is 18.3 Å². The van der Waals surface area contributed by atoms with Crippen LogP contribution in [-0.2, 0) is 6.18 Å². The summed E-state index contributed by atoms with van der Waals surface area (Å²) in [6, 6.07) is 3.15. The van der Waals surface area contributed by atoms with Crippen molar-refractivity contribution in [2.45, 2.75) is 17.2 Å². The molecule has 20 heavy (non-hydrogen) atoms. The lowest BCUT2D eigenvalue weighted by molar-refractivity contribution is -0.137. The number of aliphatic hydroxyl groups excluding tert-OH is 2. The van der Waals surface area contributed by atoms with Gasteiger partial charge in [-0.2, -0.15) is 13.2 Å². The standard InChI is InChI=1S/C11H13F3N2O3S/c12-11(13,14)9-2-1-7(20-5-6(18)4-17)3-8(9)10(15)16-19/h1-3,6,17-19H,4-5H2,(H2,15,16). The molecule has 5 N–H and O–H groups in total. The second-order valence-corrected chi connectivity index (χ2v) is 4.93. The van der Waals surface area contributed by atoms with Crippen LogP contribution in [0.1, 0.15) is 11.1 Å². The van der Waals surface area contributed by atoms with Gasteiger partial charge in [0.1, 0.15) is 0 Å². The topological polar surface area (TPSA) is 99.1 Å². The Morgan fingerprint density at radius 3 is 2.55 bits per heavy atom. The molecular weight excluding hydrogens is 297 g/mol. The molecule has 0 radical (unpaired) electrons. The fourth-order valence-corrected chi connectivity index (χ4v) is 2.23. The Hall–Kier alpha value is -1.45. The summed E-state index contributed by atoms with van der Waals surface area (Å²) in [5, 5.41) is 29.0. The summed E-state index contributed by atoms with van der Waals surface area (Å²) in [5.74, 6) is -0.542. The number of nitrogens with zero attached hydrogens (tertiary/aromatic N) is 1. The van der Waals surface area contributed by atoms with E-state index >= 15 is 0 Å². The van der Waals surface area contributed by atoms with Crippen LogP contribution >= 0.6 is 11.8 Å². The number of amidine groups is 1. The van der Waals surface area contributed by atoms with Gasteiger partial charge in [-0.1, -0.05) is 5.16 Å². The quantitative estimate of drug-likeness (QED) is 0.216. The Labute approximate surface area is 116 Å². The monoisotopic (exact) mass is 310 g/mol. The van der Waals surface area contributed by atoms with Crippen molar-refractivity contribution in [3.8, 4) is 0 Å². The van der Waals surface area contributed by atoms with Crippen molar-refractivity contribution < 1.29 is 28.6 Å². The van der Waals surface area contributed by atoms with E-state index in [2.05, 4.69) is 5.16 Å². The minimum atomic E-state index is -4.63. The minimum Gasteiger partial charge on any atom is -0.409 e. The zero-order valence-electron chi connectivity index (χ0n) is 10.1. The molecule has 0 fully saturated rings. The van der Waals surface area contributed by atoms with E-state index in [9.17, 15) is 18.3 Å². The first kappa shape index (κ1) is 16.6. The molecule has 0 aliphatic rings. The number of oxime groups is 1. The summed E-state index contributed by atoms with van der Waals surface area (Å²) in [6.07, 6.45) is -5.60. The summed E-state index contributed by atoms with van der Waals surface area (Å²) in [4.78, 5) is 0.395. The second-order valence-electron chi connectivity index (χ2n) is 3.84. The molecule has 0 aliphatic carbocycles. The highest BCUT2D eigenvalue weighted by molar-refractivity contribution is 7.99. The summed E-state index contributed by atoms with van der Waals surface area (Å²) < 4.78 is 38.3. The van der Waals surface area contributed by atoms with Gasteiger partial charge in [0, 0.05) is 16.2 Å². The van der Waals surface area contributed by atoms with Crippen LogP contribution in [0.4, 0.5) is 13.2 Å². The maximum atomic E-state index is 12.8. The van der Waals surface area contributed by atoms with E-state index in [4.69, 9.17) is 16.0 Å². The summed E-state index contributed by atoms with van der Waals surface area (Å²) in [7, 11) is 0. The first-order valence-electron chi connectivity index (χ1n) is 5.40. The van der Waals surface area contributed by atoms with Gasteiger partial charge in [-0.05, 0) is 18.2 Å². The number of hydrogen-bond acceptors (Lipinski definition) is 5. The van der Waals surface area contributed by atoms with E-state index in [1.807, 2.05) is 0 Å². The molecule has 1 aromatic rings. The van der Waals surface area contributed by atoms with Crippen LogP contribution in [0.2, 0.25) is 0 Å². The third-order valence-electron chi connectivity index (χ3n) is 2.33. The van der Waals surface area contributed by atoms with Crippen molar-refractivity contribution >= 4 is 17.6 Å². The Kier molecular flexibility index (Phi) is 5.66. The lowest BCUT2D eigenvalue weighted by atomic mass is 10.1. The van der Waals surface area contributed by atoms with E-state index in [1.165, 1.54) is 6.07 Å².